The summed E-state index contributed by atoms with van der Waals surface area (Å²) in [5.41, 5.74) is 0.142. The molecule has 1 saturated carbocycles. The molecule has 2 fully saturated rings. The summed E-state index contributed by atoms with van der Waals surface area (Å²) in [7, 11) is 1.61. The molecule has 1 N–H and O–H groups in total. The number of carboxylic acids is 1. The number of rotatable bonds is 6. The molecule has 1 heterocycles. The van der Waals surface area contributed by atoms with Crippen LogP contribution in [-0.2, 0) is 9.59 Å². The Labute approximate surface area is 205 Å². The molecular formula is C27H32FN3O4. The molecule has 0 atom stereocenters. The molecule has 1 saturated heterocycles. The van der Waals surface area contributed by atoms with Gasteiger partial charge in [0, 0.05) is 44.0 Å². The summed E-state index contributed by atoms with van der Waals surface area (Å²) in [6.45, 7) is 0.470. The first-order valence-electron chi connectivity index (χ1n) is 12.2. The number of urea groups is 1. The van der Waals surface area contributed by atoms with Gasteiger partial charge in [-0.3, -0.25) is 14.5 Å². The van der Waals surface area contributed by atoms with E-state index in [1.807, 2.05) is 30.3 Å². The summed E-state index contributed by atoms with van der Waals surface area (Å²) in [6, 6.07) is 14.9. The first-order chi connectivity index (χ1) is 16.8. The lowest BCUT2D eigenvalue weighted by atomic mass is 9.75. The van der Waals surface area contributed by atoms with Crippen LogP contribution in [0.15, 0.2) is 54.6 Å². The van der Waals surface area contributed by atoms with Crippen molar-refractivity contribution in [1.29, 1.82) is 0 Å². The smallest absolute Gasteiger partial charge is 0.324 e. The van der Waals surface area contributed by atoms with Gasteiger partial charge in [0.1, 0.15) is 5.82 Å². The minimum Gasteiger partial charge on any atom is -0.481 e. The van der Waals surface area contributed by atoms with Gasteiger partial charge in [0.25, 0.3) is 0 Å². The Morgan fingerprint density at radius 1 is 0.971 bits per heavy atom. The minimum absolute atomic E-state index is 0.0850. The minimum atomic E-state index is -1.21. The summed E-state index contributed by atoms with van der Waals surface area (Å²) in [6.07, 6.45) is 4.25. The van der Waals surface area contributed by atoms with Crippen LogP contribution in [0.1, 0.15) is 44.9 Å². The van der Waals surface area contributed by atoms with Crippen molar-refractivity contribution in [1.82, 2.24) is 4.90 Å². The van der Waals surface area contributed by atoms with Crippen LogP contribution >= 0.6 is 0 Å². The second-order valence-electron chi connectivity index (χ2n) is 9.60. The lowest BCUT2D eigenvalue weighted by Gasteiger charge is -2.41. The van der Waals surface area contributed by atoms with Crippen molar-refractivity contribution >= 4 is 29.3 Å². The van der Waals surface area contributed by atoms with Gasteiger partial charge in [-0.15, -0.1) is 0 Å². The van der Waals surface area contributed by atoms with Crippen LogP contribution in [-0.4, -0.2) is 54.1 Å². The topological polar surface area (TPSA) is 81.2 Å². The molecule has 3 amide bonds. The number of hydrogen-bond donors (Lipinski definition) is 1. The highest BCUT2D eigenvalue weighted by atomic mass is 19.1. The van der Waals surface area contributed by atoms with Crippen molar-refractivity contribution in [2.75, 3.05) is 29.9 Å². The van der Waals surface area contributed by atoms with E-state index in [9.17, 15) is 23.9 Å². The van der Waals surface area contributed by atoms with Gasteiger partial charge in [0.05, 0.1) is 5.41 Å². The monoisotopic (exact) mass is 481 g/mol. The molecule has 0 bridgehead atoms. The number of benzene rings is 2. The van der Waals surface area contributed by atoms with E-state index < -0.39 is 11.4 Å². The van der Waals surface area contributed by atoms with E-state index in [0.717, 1.165) is 31.4 Å². The molecule has 2 aromatic carbocycles. The second kappa shape index (κ2) is 10.5. The quantitative estimate of drug-likeness (QED) is 0.635. The van der Waals surface area contributed by atoms with Crippen molar-refractivity contribution in [3.8, 4) is 0 Å². The first-order valence-corrected chi connectivity index (χ1v) is 12.2. The number of amides is 3. The predicted molar refractivity (Wildman–Crippen MR) is 132 cm³/mol. The van der Waals surface area contributed by atoms with Gasteiger partial charge in [0.15, 0.2) is 0 Å². The number of carbonyl (C=O) groups is 3. The molecule has 1 aliphatic heterocycles. The van der Waals surface area contributed by atoms with Crippen molar-refractivity contribution in [2.24, 2.45) is 5.41 Å². The molecule has 186 valence electrons. The summed E-state index contributed by atoms with van der Waals surface area (Å²) < 4.78 is 13.2. The summed E-state index contributed by atoms with van der Waals surface area (Å²) in [5.74, 6) is -1.55. The molecule has 0 aromatic heterocycles. The highest BCUT2D eigenvalue weighted by Gasteiger charge is 2.46. The van der Waals surface area contributed by atoms with Crippen LogP contribution in [0.25, 0.3) is 0 Å². The highest BCUT2D eigenvalue weighted by Crippen LogP contribution is 2.38. The number of likely N-dealkylation sites (tertiary alicyclic amines) is 1. The summed E-state index contributed by atoms with van der Waals surface area (Å²) >= 11 is 0. The van der Waals surface area contributed by atoms with Gasteiger partial charge < -0.3 is 14.9 Å². The molecule has 0 radical (unpaired) electrons. The van der Waals surface area contributed by atoms with Gasteiger partial charge in [-0.2, -0.15) is 0 Å². The van der Waals surface area contributed by atoms with E-state index in [1.165, 1.54) is 29.2 Å². The second-order valence-corrected chi connectivity index (χ2v) is 9.60. The number of aliphatic carboxylic acids is 1. The van der Waals surface area contributed by atoms with E-state index in [0.29, 0.717) is 5.69 Å². The molecule has 4 rings (SSSR count). The fourth-order valence-corrected chi connectivity index (χ4v) is 5.26. The van der Waals surface area contributed by atoms with E-state index in [1.54, 1.807) is 16.8 Å². The number of anilines is 2. The Balaban J connectivity index is 1.46. The van der Waals surface area contributed by atoms with Crippen LogP contribution in [0, 0.1) is 11.2 Å². The van der Waals surface area contributed by atoms with E-state index in [2.05, 4.69) is 0 Å². The van der Waals surface area contributed by atoms with Crippen LogP contribution in [0.3, 0.4) is 0 Å². The molecule has 0 spiro atoms. The fraction of sp³-hybridized carbons (Fsp3) is 0.444. The largest absolute Gasteiger partial charge is 0.481 e. The maximum Gasteiger partial charge on any atom is 0.324 e. The molecule has 2 aromatic rings. The number of carboxylic acid groups (broad SMARTS) is 1. The van der Waals surface area contributed by atoms with Crippen molar-refractivity contribution in [3.05, 3.63) is 60.4 Å². The van der Waals surface area contributed by atoms with Gasteiger partial charge >= 0.3 is 12.0 Å². The van der Waals surface area contributed by atoms with Crippen LogP contribution in [0.5, 0.6) is 0 Å². The third kappa shape index (κ3) is 5.31. The summed E-state index contributed by atoms with van der Waals surface area (Å²) in [4.78, 5) is 43.8. The Morgan fingerprint density at radius 3 is 2.14 bits per heavy atom. The van der Waals surface area contributed by atoms with Gasteiger partial charge in [-0.25, -0.2) is 9.18 Å². The van der Waals surface area contributed by atoms with E-state index in [4.69, 9.17) is 0 Å². The highest BCUT2D eigenvalue weighted by molar-refractivity contribution is 5.97. The molecular weight excluding hydrogens is 449 g/mol. The fourth-order valence-electron chi connectivity index (χ4n) is 5.26. The number of carbonyl (C=O) groups excluding carboxylic acids is 2. The maximum atomic E-state index is 13.6. The van der Waals surface area contributed by atoms with Crippen molar-refractivity contribution in [3.63, 3.8) is 0 Å². The lowest BCUT2D eigenvalue weighted by molar-refractivity contribution is -0.154. The third-order valence-electron chi connectivity index (χ3n) is 7.43. The Morgan fingerprint density at radius 2 is 1.57 bits per heavy atom. The molecule has 1 aliphatic carbocycles. The number of hydrogen-bond acceptors (Lipinski definition) is 3. The van der Waals surface area contributed by atoms with Crippen LogP contribution < -0.4 is 9.80 Å². The normalized spacial score (nSPS) is 17.7. The lowest BCUT2D eigenvalue weighted by Crippen LogP contribution is -2.52. The number of para-hydroxylation sites is 1. The van der Waals surface area contributed by atoms with Crippen molar-refractivity contribution < 1.29 is 23.9 Å². The van der Waals surface area contributed by atoms with Crippen LogP contribution in [0.4, 0.5) is 20.6 Å². The van der Waals surface area contributed by atoms with Gasteiger partial charge in [-0.1, -0.05) is 31.0 Å². The first kappa shape index (κ1) is 24.7. The molecule has 8 heteroatoms. The van der Waals surface area contributed by atoms with Gasteiger partial charge in [0.2, 0.25) is 5.91 Å². The van der Waals surface area contributed by atoms with Crippen molar-refractivity contribution in [2.45, 2.75) is 51.0 Å². The molecule has 0 unspecified atom stereocenters. The zero-order valence-electron chi connectivity index (χ0n) is 20.0. The van der Waals surface area contributed by atoms with Gasteiger partial charge in [-0.05, 0) is 62.1 Å². The van der Waals surface area contributed by atoms with E-state index in [-0.39, 0.29) is 56.1 Å². The zero-order valence-corrected chi connectivity index (χ0v) is 20.0. The molecule has 7 nitrogen and oxygen atoms in total. The zero-order chi connectivity index (χ0) is 25.0. The number of halogens is 1. The Bertz CT molecular complexity index is 1050. The number of piperidine rings is 1. The summed E-state index contributed by atoms with van der Waals surface area (Å²) in [5, 5.41) is 10.2. The Kier molecular flexibility index (Phi) is 7.38. The SMILES string of the molecule is CN(C(=O)N1CCC(CC(=O)N(c2ccccc2)C2CCCC2)(C(=O)O)CC1)c1ccc(F)cc1. The van der Waals surface area contributed by atoms with Crippen LogP contribution in [0.2, 0.25) is 0 Å². The Hall–Kier alpha value is -3.42. The predicted octanol–water partition coefficient (Wildman–Crippen LogP) is 4.91. The third-order valence-corrected chi connectivity index (χ3v) is 7.43. The maximum absolute atomic E-state index is 13.6. The average Bonchev–Trinajstić information content (AvgIpc) is 3.39. The standard InChI is InChI=1S/C27H32FN3O4/c1-29(21-13-11-20(28)12-14-21)26(35)30-17-15-27(16-18-30,25(33)34)19-24(32)31(23-9-5-6-10-23)22-7-3-2-4-8-22/h2-4,7-8,11-14,23H,5-6,9-10,15-19H2,1H3,(H,33,34). The molecule has 35 heavy (non-hydrogen) atoms. The number of nitrogens with zero attached hydrogens (tertiary/aromatic N) is 3. The molecule has 2 aliphatic rings. The average molecular weight is 482 g/mol. The van der Waals surface area contributed by atoms with E-state index >= 15 is 0 Å².